The Morgan fingerprint density at radius 3 is 2.64 bits per heavy atom. The van der Waals surface area contributed by atoms with Crippen LogP contribution in [0.5, 0.6) is 0 Å². The van der Waals surface area contributed by atoms with Crippen LogP contribution in [0.1, 0.15) is 23.2 Å². The average molecular weight is 387 g/mol. The highest BCUT2D eigenvalue weighted by Crippen LogP contribution is 2.14. The molecule has 148 valence electrons. The molecule has 3 rings (SSSR count). The standard InChI is InChI=1S/C19H21N3O6/c23-16(22(27)14-10-17(24)28-12-14)11-21-9-5-4-8-15(19(21)26)20-18(25)13-6-2-1-3-7-13/h1-7,14-15,27H,8-12H2,(H,20,25). The third-order valence-electron chi connectivity index (χ3n) is 4.58. The third kappa shape index (κ3) is 4.55. The minimum atomic E-state index is -0.817. The van der Waals surface area contributed by atoms with Crippen molar-refractivity contribution >= 4 is 23.7 Å². The molecule has 9 heteroatoms. The summed E-state index contributed by atoms with van der Waals surface area (Å²) in [6, 6.07) is 6.94. The Hall–Kier alpha value is -3.20. The Labute approximate surface area is 161 Å². The number of hydroxylamine groups is 2. The molecule has 2 aliphatic rings. The molecule has 3 amide bonds. The lowest BCUT2D eigenvalue weighted by molar-refractivity contribution is -0.177. The van der Waals surface area contributed by atoms with Crippen LogP contribution in [0, 0.1) is 0 Å². The number of carbonyl (C=O) groups is 4. The van der Waals surface area contributed by atoms with Crippen molar-refractivity contribution in [2.75, 3.05) is 19.7 Å². The van der Waals surface area contributed by atoms with Crippen LogP contribution < -0.4 is 5.32 Å². The Bertz CT molecular complexity index is 794. The summed E-state index contributed by atoms with van der Waals surface area (Å²) < 4.78 is 4.74. The molecular formula is C19H21N3O6. The predicted molar refractivity (Wildman–Crippen MR) is 96.0 cm³/mol. The summed E-state index contributed by atoms with van der Waals surface area (Å²) in [6.07, 6.45) is 3.70. The molecule has 0 spiro atoms. The van der Waals surface area contributed by atoms with Crippen molar-refractivity contribution in [3.05, 3.63) is 48.0 Å². The number of rotatable bonds is 5. The van der Waals surface area contributed by atoms with Gasteiger partial charge in [-0.3, -0.25) is 24.4 Å². The molecule has 1 saturated heterocycles. The van der Waals surface area contributed by atoms with E-state index in [0.29, 0.717) is 17.0 Å². The first-order chi connectivity index (χ1) is 13.5. The van der Waals surface area contributed by atoms with E-state index in [-0.39, 0.29) is 32.0 Å². The molecule has 2 aliphatic heterocycles. The molecule has 2 heterocycles. The Balaban J connectivity index is 1.62. The van der Waals surface area contributed by atoms with Gasteiger partial charge in [-0.1, -0.05) is 30.4 Å². The van der Waals surface area contributed by atoms with Crippen LogP contribution in [-0.4, -0.2) is 70.6 Å². The molecule has 1 aromatic rings. The minimum Gasteiger partial charge on any atom is -0.463 e. The number of nitrogens with zero attached hydrogens (tertiary/aromatic N) is 2. The zero-order valence-corrected chi connectivity index (χ0v) is 15.1. The number of carbonyl (C=O) groups excluding carboxylic acids is 4. The predicted octanol–water partition coefficient (Wildman–Crippen LogP) is 0.107. The summed E-state index contributed by atoms with van der Waals surface area (Å²) in [5, 5.41) is 13.1. The Morgan fingerprint density at radius 2 is 1.96 bits per heavy atom. The summed E-state index contributed by atoms with van der Waals surface area (Å²) in [7, 11) is 0. The smallest absolute Gasteiger partial charge is 0.308 e. The van der Waals surface area contributed by atoms with E-state index >= 15 is 0 Å². The fraction of sp³-hybridized carbons (Fsp3) is 0.368. The molecule has 1 fully saturated rings. The molecule has 1 aromatic carbocycles. The maximum absolute atomic E-state index is 12.8. The zero-order chi connectivity index (χ0) is 20.1. The van der Waals surface area contributed by atoms with Gasteiger partial charge in [-0.2, -0.15) is 0 Å². The van der Waals surface area contributed by atoms with Crippen LogP contribution in [0.3, 0.4) is 0 Å². The van der Waals surface area contributed by atoms with E-state index in [1.165, 1.54) is 4.90 Å². The number of esters is 1. The van der Waals surface area contributed by atoms with Gasteiger partial charge < -0.3 is 15.0 Å². The van der Waals surface area contributed by atoms with Crippen LogP contribution in [0.25, 0.3) is 0 Å². The molecule has 0 aliphatic carbocycles. The van der Waals surface area contributed by atoms with Gasteiger partial charge in [0, 0.05) is 12.1 Å². The highest BCUT2D eigenvalue weighted by Gasteiger charge is 2.34. The van der Waals surface area contributed by atoms with Crippen LogP contribution in [0.4, 0.5) is 0 Å². The molecule has 28 heavy (non-hydrogen) atoms. The Morgan fingerprint density at radius 1 is 1.21 bits per heavy atom. The maximum Gasteiger partial charge on any atom is 0.308 e. The van der Waals surface area contributed by atoms with Crippen LogP contribution in [-0.2, 0) is 19.1 Å². The molecule has 0 radical (unpaired) electrons. The molecular weight excluding hydrogens is 366 g/mol. The summed E-state index contributed by atoms with van der Waals surface area (Å²) in [4.78, 5) is 49.8. The van der Waals surface area contributed by atoms with Crippen molar-refractivity contribution < 1.29 is 29.1 Å². The molecule has 0 saturated carbocycles. The number of nitrogens with one attached hydrogen (secondary N) is 1. The second-order valence-electron chi connectivity index (χ2n) is 6.60. The zero-order valence-electron chi connectivity index (χ0n) is 15.1. The van der Waals surface area contributed by atoms with Gasteiger partial charge in [0.05, 0.1) is 6.42 Å². The monoisotopic (exact) mass is 387 g/mol. The van der Waals surface area contributed by atoms with E-state index < -0.39 is 29.9 Å². The van der Waals surface area contributed by atoms with Crippen molar-refractivity contribution in [1.29, 1.82) is 0 Å². The van der Waals surface area contributed by atoms with Gasteiger partial charge in [0.2, 0.25) is 5.91 Å². The van der Waals surface area contributed by atoms with Crippen molar-refractivity contribution in [3.8, 4) is 0 Å². The summed E-state index contributed by atoms with van der Waals surface area (Å²) in [5.41, 5.74) is 0.429. The van der Waals surface area contributed by atoms with Gasteiger partial charge in [0.1, 0.15) is 25.2 Å². The fourth-order valence-electron chi connectivity index (χ4n) is 3.04. The van der Waals surface area contributed by atoms with Crippen LogP contribution in [0.2, 0.25) is 0 Å². The van der Waals surface area contributed by atoms with Crippen molar-refractivity contribution in [1.82, 2.24) is 15.3 Å². The average Bonchev–Trinajstić information content (AvgIpc) is 3.07. The number of cyclic esters (lactones) is 1. The minimum absolute atomic E-state index is 0.0787. The quantitative estimate of drug-likeness (QED) is 0.321. The number of hydrogen-bond acceptors (Lipinski definition) is 6. The fourth-order valence-corrected chi connectivity index (χ4v) is 3.04. The molecule has 9 nitrogen and oxygen atoms in total. The van der Waals surface area contributed by atoms with Gasteiger partial charge in [0.25, 0.3) is 11.8 Å². The van der Waals surface area contributed by atoms with Crippen LogP contribution in [0.15, 0.2) is 42.5 Å². The van der Waals surface area contributed by atoms with E-state index in [0.717, 1.165) is 0 Å². The normalized spacial score (nSPS) is 21.8. The van der Waals surface area contributed by atoms with Crippen molar-refractivity contribution in [2.45, 2.75) is 24.9 Å². The number of ether oxygens (including phenoxy) is 1. The first-order valence-corrected chi connectivity index (χ1v) is 8.92. The van der Waals surface area contributed by atoms with E-state index in [1.807, 2.05) is 0 Å². The maximum atomic E-state index is 12.8. The topological polar surface area (TPSA) is 116 Å². The lowest BCUT2D eigenvalue weighted by atomic mass is 10.1. The number of amides is 3. The molecule has 2 N–H and O–H groups in total. The van der Waals surface area contributed by atoms with Crippen LogP contribution >= 0.6 is 0 Å². The first-order valence-electron chi connectivity index (χ1n) is 8.92. The van der Waals surface area contributed by atoms with Gasteiger partial charge in [0.15, 0.2) is 0 Å². The van der Waals surface area contributed by atoms with E-state index in [2.05, 4.69) is 5.32 Å². The third-order valence-corrected chi connectivity index (χ3v) is 4.58. The second kappa shape index (κ2) is 8.66. The van der Waals surface area contributed by atoms with E-state index in [9.17, 15) is 24.4 Å². The summed E-state index contributed by atoms with van der Waals surface area (Å²) in [5.74, 6) is -2.02. The van der Waals surface area contributed by atoms with Gasteiger partial charge in [-0.15, -0.1) is 0 Å². The molecule has 0 bridgehead atoms. The van der Waals surface area contributed by atoms with Crippen molar-refractivity contribution in [2.24, 2.45) is 0 Å². The lowest BCUT2D eigenvalue weighted by Crippen LogP contribution is -2.51. The van der Waals surface area contributed by atoms with E-state index in [1.54, 1.807) is 42.5 Å². The SMILES string of the molecule is O=C1CC(N(O)C(=O)CN2CC=CCC(NC(=O)c3ccccc3)C2=O)CO1. The van der Waals surface area contributed by atoms with E-state index in [4.69, 9.17) is 4.74 Å². The summed E-state index contributed by atoms with van der Waals surface area (Å²) in [6.45, 7) is -0.275. The second-order valence-corrected chi connectivity index (χ2v) is 6.60. The summed E-state index contributed by atoms with van der Waals surface area (Å²) >= 11 is 0. The molecule has 2 unspecified atom stereocenters. The highest BCUT2D eigenvalue weighted by atomic mass is 16.6. The first kappa shape index (κ1) is 19.6. The Kier molecular flexibility index (Phi) is 6.05. The molecule has 0 aromatic heterocycles. The number of hydrogen-bond donors (Lipinski definition) is 2. The number of benzene rings is 1. The van der Waals surface area contributed by atoms with Gasteiger partial charge >= 0.3 is 5.97 Å². The molecule has 2 atom stereocenters. The highest BCUT2D eigenvalue weighted by molar-refractivity contribution is 5.98. The van der Waals surface area contributed by atoms with Gasteiger partial charge in [-0.25, -0.2) is 5.06 Å². The largest absolute Gasteiger partial charge is 0.463 e. The lowest BCUT2D eigenvalue weighted by Gasteiger charge is -2.27. The van der Waals surface area contributed by atoms with Gasteiger partial charge in [-0.05, 0) is 18.6 Å². The van der Waals surface area contributed by atoms with Crippen molar-refractivity contribution in [3.63, 3.8) is 0 Å².